The summed E-state index contributed by atoms with van der Waals surface area (Å²) in [5.41, 5.74) is 3.35. The van der Waals surface area contributed by atoms with Crippen LogP contribution in [0.5, 0.6) is 0 Å². The minimum Gasteiger partial charge on any atom is -0.350 e. The summed E-state index contributed by atoms with van der Waals surface area (Å²) < 4.78 is 0. The minimum absolute atomic E-state index is 0. The summed E-state index contributed by atoms with van der Waals surface area (Å²) in [7, 11) is 0. The Morgan fingerprint density at radius 1 is 1.21 bits per heavy atom. The van der Waals surface area contributed by atoms with Crippen LogP contribution in [0.15, 0.2) is 54.7 Å². The number of aromatic nitrogens is 2. The van der Waals surface area contributed by atoms with E-state index in [2.05, 4.69) is 30.2 Å². The molecule has 2 aromatic carbocycles. The second kappa shape index (κ2) is 10.0. The van der Waals surface area contributed by atoms with E-state index < -0.39 is 0 Å². The Bertz CT molecular complexity index is 1180. The molecule has 3 aromatic rings. The van der Waals surface area contributed by atoms with Crippen molar-refractivity contribution in [2.45, 2.75) is 26.8 Å². The minimum atomic E-state index is -0.0610. The van der Waals surface area contributed by atoms with Crippen LogP contribution in [0.3, 0.4) is 0 Å². The summed E-state index contributed by atoms with van der Waals surface area (Å²) >= 11 is 6.08. The number of rotatable bonds is 5. The van der Waals surface area contributed by atoms with Gasteiger partial charge in [-0.15, -0.1) is 0 Å². The molecule has 1 aromatic heterocycles. The van der Waals surface area contributed by atoms with E-state index in [4.69, 9.17) is 21.8 Å². The fraction of sp³-hybridized carbons (Fsp3) is 0.308. The maximum absolute atomic E-state index is 13.5. The molecule has 2 heterocycles. The van der Waals surface area contributed by atoms with Crippen molar-refractivity contribution in [3.63, 3.8) is 0 Å². The fourth-order valence-corrected chi connectivity index (χ4v) is 4.59. The number of nitriles is 1. The van der Waals surface area contributed by atoms with Gasteiger partial charge in [0.05, 0.1) is 22.9 Å². The van der Waals surface area contributed by atoms with Gasteiger partial charge >= 0.3 is 0 Å². The summed E-state index contributed by atoms with van der Waals surface area (Å²) in [6.07, 6.45) is 2.72. The number of nitrogens with one attached hydrogen (secondary N) is 1. The van der Waals surface area contributed by atoms with E-state index in [0.717, 1.165) is 30.6 Å². The summed E-state index contributed by atoms with van der Waals surface area (Å²) in [6, 6.07) is 16.8. The summed E-state index contributed by atoms with van der Waals surface area (Å²) in [6.45, 7) is 6.31. The van der Waals surface area contributed by atoms with E-state index in [9.17, 15) is 4.79 Å². The zero-order chi connectivity index (χ0) is 23.4. The molecule has 2 unspecified atom stereocenters. The molecule has 7 heteroatoms. The van der Waals surface area contributed by atoms with Crippen molar-refractivity contribution in [1.82, 2.24) is 14.9 Å². The van der Waals surface area contributed by atoms with E-state index >= 15 is 0 Å². The Morgan fingerprint density at radius 3 is 2.61 bits per heavy atom. The average molecular weight is 462 g/mol. The molecule has 0 radical (unpaired) electrons. The summed E-state index contributed by atoms with van der Waals surface area (Å²) in [5, 5.41) is 13.0. The smallest absolute Gasteiger partial charge is 0.257 e. The molecule has 170 valence electrons. The highest BCUT2D eigenvalue weighted by Gasteiger charge is 2.28. The van der Waals surface area contributed by atoms with Gasteiger partial charge in [-0.2, -0.15) is 5.26 Å². The number of carbonyl (C=O) groups is 1. The number of amides is 1. The van der Waals surface area contributed by atoms with Crippen LogP contribution in [0.2, 0.25) is 5.02 Å². The van der Waals surface area contributed by atoms with E-state index in [1.807, 2.05) is 41.3 Å². The molecule has 4 rings (SSSR count). The van der Waals surface area contributed by atoms with Crippen molar-refractivity contribution in [2.24, 2.45) is 11.8 Å². The predicted molar refractivity (Wildman–Crippen MR) is 132 cm³/mol. The highest BCUT2D eigenvalue weighted by molar-refractivity contribution is 6.30. The lowest BCUT2D eigenvalue weighted by Crippen LogP contribution is -2.42. The first-order valence-corrected chi connectivity index (χ1v) is 11.5. The molecule has 1 saturated heterocycles. The molecule has 1 fully saturated rings. The molecular formula is C26H28ClN5O. The lowest BCUT2D eigenvalue weighted by Gasteiger charge is -2.35. The number of anilines is 1. The standard InChI is InChI=1S/C26H26ClN5O.H2/c1-17-10-18(2)16-32(15-17)25(33)23-14-30-26(29-13-20-4-3-5-22(27)11-20)31-24(23)21-8-6-19(12-28)7-9-21;/h3-9,11,14,17-18H,10,13,15-16H2,1-2H3,(H,29,30,31);1H. The molecule has 0 bridgehead atoms. The van der Waals surface area contributed by atoms with Crippen LogP contribution in [0.4, 0.5) is 5.95 Å². The monoisotopic (exact) mass is 461 g/mol. The Morgan fingerprint density at radius 2 is 1.94 bits per heavy atom. The zero-order valence-corrected chi connectivity index (χ0v) is 19.5. The van der Waals surface area contributed by atoms with Gasteiger partial charge in [-0.1, -0.05) is 49.7 Å². The number of hydrogen-bond acceptors (Lipinski definition) is 5. The van der Waals surface area contributed by atoms with Crippen molar-refractivity contribution in [3.8, 4) is 17.3 Å². The van der Waals surface area contributed by atoms with Gasteiger partial charge < -0.3 is 10.2 Å². The number of hydrogen-bond donors (Lipinski definition) is 1. The van der Waals surface area contributed by atoms with Gasteiger partial charge in [-0.25, -0.2) is 9.97 Å². The van der Waals surface area contributed by atoms with Crippen LogP contribution in [-0.2, 0) is 6.54 Å². The summed E-state index contributed by atoms with van der Waals surface area (Å²) in [4.78, 5) is 24.5. The van der Waals surface area contributed by atoms with Crippen LogP contribution in [0.25, 0.3) is 11.3 Å². The van der Waals surface area contributed by atoms with Gasteiger partial charge in [-0.3, -0.25) is 4.79 Å². The van der Waals surface area contributed by atoms with Crippen LogP contribution in [-0.4, -0.2) is 33.9 Å². The van der Waals surface area contributed by atoms with Gasteiger partial charge in [0, 0.05) is 37.8 Å². The van der Waals surface area contributed by atoms with Crippen LogP contribution in [0.1, 0.15) is 43.2 Å². The fourth-order valence-electron chi connectivity index (χ4n) is 4.37. The van der Waals surface area contributed by atoms with Crippen molar-refractivity contribution < 1.29 is 6.22 Å². The van der Waals surface area contributed by atoms with E-state index in [-0.39, 0.29) is 7.33 Å². The first-order valence-electron chi connectivity index (χ1n) is 11.1. The predicted octanol–water partition coefficient (Wildman–Crippen LogP) is 5.64. The SMILES string of the molecule is CC1CC(C)CN(C(=O)c2cnc(NCc3cccc(Cl)c3)nc2-c2ccc(C#N)cc2)C1.[HH]. The topological polar surface area (TPSA) is 81.9 Å². The maximum atomic E-state index is 13.5. The summed E-state index contributed by atoms with van der Waals surface area (Å²) in [5.74, 6) is 1.27. The molecule has 1 N–H and O–H groups in total. The van der Waals surface area contributed by atoms with Crippen molar-refractivity contribution in [2.75, 3.05) is 18.4 Å². The number of piperidine rings is 1. The van der Waals surface area contributed by atoms with E-state index in [1.165, 1.54) is 0 Å². The number of carbonyl (C=O) groups excluding carboxylic acids is 1. The highest BCUT2D eigenvalue weighted by Crippen LogP contribution is 2.27. The molecular weight excluding hydrogens is 434 g/mol. The molecule has 1 aliphatic heterocycles. The highest BCUT2D eigenvalue weighted by atomic mass is 35.5. The molecule has 33 heavy (non-hydrogen) atoms. The molecule has 1 amide bonds. The van der Waals surface area contributed by atoms with Crippen molar-refractivity contribution in [1.29, 1.82) is 5.26 Å². The van der Waals surface area contributed by atoms with Gasteiger partial charge in [0.2, 0.25) is 5.95 Å². The van der Waals surface area contributed by atoms with Crippen molar-refractivity contribution >= 4 is 23.5 Å². The Kier molecular flexibility index (Phi) is 6.90. The zero-order valence-electron chi connectivity index (χ0n) is 18.8. The Hall–Kier alpha value is -3.43. The normalized spacial score (nSPS) is 17.9. The van der Waals surface area contributed by atoms with Gasteiger partial charge in [-0.05, 0) is 48.1 Å². The molecule has 2 atom stereocenters. The number of likely N-dealkylation sites (tertiary alicyclic amines) is 1. The molecule has 0 aliphatic carbocycles. The lowest BCUT2D eigenvalue weighted by atomic mass is 9.91. The third kappa shape index (κ3) is 5.50. The Labute approximate surface area is 200 Å². The average Bonchev–Trinajstić information content (AvgIpc) is 2.81. The van der Waals surface area contributed by atoms with E-state index in [1.54, 1.807) is 18.3 Å². The Balaban J connectivity index is 0.00000324. The number of nitrogens with zero attached hydrogens (tertiary/aromatic N) is 4. The second-order valence-corrected chi connectivity index (χ2v) is 9.22. The van der Waals surface area contributed by atoms with Gasteiger partial charge in [0.1, 0.15) is 0 Å². The molecule has 6 nitrogen and oxygen atoms in total. The maximum Gasteiger partial charge on any atom is 0.257 e. The van der Waals surface area contributed by atoms with Gasteiger partial charge in [0.25, 0.3) is 5.91 Å². The largest absolute Gasteiger partial charge is 0.350 e. The number of halogens is 1. The van der Waals surface area contributed by atoms with Gasteiger partial charge in [0.15, 0.2) is 0 Å². The molecule has 1 aliphatic rings. The third-order valence-electron chi connectivity index (χ3n) is 5.80. The van der Waals surface area contributed by atoms with E-state index in [0.29, 0.717) is 46.2 Å². The van der Waals surface area contributed by atoms with Crippen LogP contribution < -0.4 is 5.32 Å². The third-order valence-corrected chi connectivity index (χ3v) is 6.04. The first kappa shape index (κ1) is 22.8. The number of benzene rings is 2. The molecule has 0 saturated carbocycles. The quantitative estimate of drug-likeness (QED) is 0.531. The lowest BCUT2D eigenvalue weighted by molar-refractivity contribution is 0.0623. The second-order valence-electron chi connectivity index (χ2n) is 8.78. The van der Waals surface area contributed by atoms with Crippen LogP contribution >= 0.6 is 11.6 Å². The van der Waals surface area contributed by atoms with Crippen molar-refractivity contribution in [3.05, 3.63) is 76.4 Å². The molecule has 0 spiro atoms. The first-order chi connectivity index (χ1) is 15.9. The van der Waals surface area contributed by atoms with Crippen LogP contribution in [0, 0.1) is 23.2 Å².